The van der Waals surface area contributed by atoms with Crippen molar-refractivity contribution in [3.63, 3.8) is 0 Å². The van der Waals surface area contributed by atoms with E-state index in [-0.39, 0.29) is 0 Å². The first-order chi connectivity index (χ1) is 29.4. The molecule has 0 aliphatic rings. The third-order valence-corrected chi connectivity index (χ3v) is 10.9. The molecular formula is C51H41N9. The van der Waals surface area contributed by atoms with Crippen LogP contribution in [0.4, 0.5) is 0 Å². The number of aromatic nitrogens is 9. The zero-order valence-electron chi connectivity index (χ0n) is 33.8. The highest BCUT2D eigenvalue weighted by molar-refractivity contribution is 5.88. The highest BCUT2D eigenvalue weighted by atomic mass is 15.1. The molecule has 10 rings (SSSR count). The molecule has 0 fully saturated rings. The van der Waals surface area contributed by atoms with Crippen LogP contribution >= 0.6 is 0 Å². The lowest BCUT2D eigenvalue weighted by Gasteiger charge is -2.15. The number of benzene rings is 5. The van der Waals surface area contributed by atoms with Gasteiger partial charge in [0.1, 0.15) is 11.6 Å². The maximum atomic E-state index is 5.27. The maximum Gasteiger partial charge on any atom is 0.164 e. The minimum Gasteiger partial charge on any atom is -0.291 e. The number of hydrogen-bond acceptors (Lipinski definition) is 7. The fraction of sp³-hybridized carbons (Fsp3) is 0.118. The van der Waals surface area contributed by atoms with Crippen molar-refractivity contribution in [2.24, 2.45) is 0 Å². The van der Waals surface area contributed by atoms with Gasteiger partial charge in [-0.3, -0.25) is 19.1 Å². The van der Waals surface area contributed by atoms with Gasteiger partial charge in [0, 0.05) is 40.2 Å². The summed E-state index contributed by atoms with van der Waals surface area (Å²) in [5, 5.41) is 0. The number of pyridine rings is 2. The number of imidazole rings is 2. The Morgan fingerprint density at radius 3 is 1.18 bits per heavy atom. The van der Waals surface area contributed by atoms with Crippen molar-refractivity contribution in [2.75, 3.05) is 0 Å². The Bertz CT molecular complexity index is 2930. The molecule has 0 saturated carbocycles. The number of fused-ring (bicyclic) bond motifs is 2. The van der Waals surface area contributed by atoms with Gasteiger partial charge in [-0.05, 0) is 89.7 Å². The Kier molecular flexibility index (Phi) is 9.33. The Labute approximate surface area is 348 Å². The van der Waals surface area contributed by atoms with E-state index in [4.69, 9.17) is 24.9 Å². The van der Waals surface area contributed by atoms with E-state index in [9.17, 15) is 0 Å². The second-order valence-electron chi connectivity index (χ2n) is 15.6. The first-order valence-corrected chi connectivity index (χ1v) is 20.3. The van der Waals surface area contributed by atoms with E-state index in [0.29, 0.717) is 29.3 Å². The van der Waals surface area contributed by atoms with E-state index >= 15 is 0 Å². The minimum absolute atomic E-state index is 0.399. The molecule has 0 N–H and O–H groups in total. The Balaban J connectivity index is 1.26. The monoisotopic (exact) mass is 779 g/mol. The largest absolute Gasteiger partial charge is 0.291 e. The molecule has 5 aromatic carbocycles. The molecule has 0 saturated heterocycles. The van der Waals surface area contributed by atoms with Crippen LogP contribution in [0.5, 0.6) is 0 Å². The van der Waals surface area contributed by atoms with Gasteiger partial charge in [0.2, 0.25) is 0 Å². The molecule has 60 heavy (non-hydrogen) atoms. The zero-order chi connectivity index (χ0) is 40.7. The van der Waals surface area contributed by atoms with Crippen molar-refractivity contribution in [1.29, 1.82) is 0 Å². The van der Waals surface area contributed by atoms with E-state index < -0.39 is 0 Å². The van der Waals surface area contributed by atoms with Gasteiger partial charge in [-0.2, -0.15) is 0 Å². The molecule has 290 valence electrons. The van der Waals surface area contributed by atoms with E-state index in [1.807, 2.05) is 60.9 Å². The van der Waals surface area contributed by atoms with Gasteiger partial charge < -0.3 is 0 Å². The summed E-state index contributed by atoms with van der Waals surface area (Å²) in [5.41, 5.74) is 12.3. The summed E-state index contributed by atoms with van der Waals surface area (Å²) in [7, 11) is 0. The summed E-state index contributed by atoms with van der Waals surface area (Å²) in [6.07, 6.45) is 7.30. The molecule has 0 aliphatic carbocycles. The molecule has 9 heteroatoms. The Hall–Kier alpha value is -7.65. The summed E-state index contributed by atoms with van der Waals surface area (Å²) in [5.74, 6) is 4.02. The van der Waals surface area contributed by atoms with Crippen molar-refractivity contribution in [1.82, 2.24) is 44.0 Å². The number of para-hydroxylation sites is 4. The van der Waals surface area contributed by atoms with Crippen molar-refractivity contribution < 1.29 is 0 Å². The SMILES string of the molecule is CC(C)c1ccc(-c2nc(-c3ccc(C(C)C)cc3)nc(-c3cc(-c4nc5ccccc5n4-c4cccnc4)cc(-c4nc5ccccc5n4-c4cccnc4)c3)n2)cc1. The van der Waals surface area contributed by atoms with Crippen molar-refractivity contribution in [3.05, 3.63) is 175 Å². The molecule has 0 bridgehead atoms. The van der Waals surface area contributed by atoms with Crippen LogP contribution in [0.15, 0.2) is 164 Å². The average Bonchev–Trinajstić information content (AvgIpc) is 3.89. The lowest BCUT2D eigenvalue weighted by molar-refractivity contribution is 0.866. The van der Waals surface area contributed by atoms with E-state index in [1.54, 1.807) is 12.4 Å². The van der Waals surface area contributed by atoms with Gasteiger partial charge in [-0.25, -0.2) is 24.9 Å². The van der Waals surface area contributed by atoms with E-state index in [1.165, 1.54) is 11.1 Å². The third kappa shape index (κ3) is 6.79. The standard InChI is InChI=1S/C51H41N9/c1-32(2)34-17-21-36(22-18-34)47-56-48(37-23-19-35(20-24-37)33(3)4)58-49(57-47)38-27-39(50-54-43-13-5-7-15-45(43)59(50)41-11-9-25-52-30-41)29-40(28-38)51-55-44-14-6-8-16-46(44)60(51)42-12-10-26-53-31-42/h5-33H,1-4H3. The van der Waals surface area contributed by atoms with Gasteiger partial charge in [0.25, 0.3) is 0 Å². The van der Waals surface area contributed by atoms with Crippen LogP contribution in [0.2, 0.25) is 0 Å². The molecule has 0 unspecified atom stereocenters. The van der Waals surface area contributed by atoms with E-state index in [2.05, 4.69) is 138 Å². The summed E-state index contributed by atoms with van der Waals surface area (Å²) in [6.45, 7) is 8.80. The van der Waals surface area contributed by atoms with Crippen LogP contribution in [0, 0.1) is 0 Å². The summed E-state index contributed by atoms with van der Waals surface area (Å²) in [4.78, 5) is 35.1. The van der Waals surface area contributed by atoms with Gasteiger partial charge in [0.05, 0.1) is 45.8 Å². The zero-order valence-corrected chi connectivity index (χ0v) is 33.8. The predicted octanol–water partition coefficient (Wildman–Crippen LogP) is 11.9. The molecular weight excluding hydrogens is 739 g/mol. The molecule has 5 aromatic heterocycles. The van der Waals surface area contributed by atoms with Crippen LogP contribution in [0.25, 0.3) is 90.4 Å². The highest BCUT2D eigenvalue weighted by Crippen LogP contribution is 2.37. The molecule has 5 heterocycles. The number of rotatable bonds is 9. The molecule has 10 aromatic rings. The van der Waals surface area contributed by atoms with Gasteiger partial charge >= 0.3 is 0 Å². The summed E-state index contributed by atoms with van der Waals surface area (Å²) < 4.78 is 4.32. The van der Waals surface area contributed by atoms with E-state index in [0.717, 1.165) is 72.9 Å². The maximum absolute atomic E-state index is 5.27. The Morgan fingerprint density at radius 2 is 0.783 bits per heavy atom. The lowest BCUT2D eigenvalue weighted by atomic mass is 10.0. The molecule has 9 nitrogen and oxygen atoms in total. The summed E-state index contributed by atoms with van der Waals surface area (Å²) in [6, 6.07) is 47.8. The van der Waals surface area contributed by atoms with Crippen molar-refractivity contribution in [2.45, 2.75) is 39.5 Å². The fourth-order valence-corrected chi connectivity index (χ4v) is 7.75. The van der Waals surface area contributed by atoms with Crippen LogP contribution in [-0.4, -0.2) is 44.0 Å². The van der Waals surface area contributed by atoms with Gasteiger partial charge in [0.15, 0.2) is 17.5 Å². The first-order valence-electron chi connectivity index (χ1n) is 20.3. The van der Waals surface area contributed by atoms with Gasteiger partial charge in [-0.15, -0.1) is 0 Å². The minimum atomic E-state index is 0.399. The molecule has 0 radical (unpaired) electrons. The number of nitrogens with zero attached hydrogens (tertiary/aromatic N) is 9. The molecule has 0 amide bonds. The second-order valence-corrected chi connectivity index (χ2v) is 15.6. The molecule has 0 spiro atoms. The van der Waals surface area contributed by atoms with Crippen LogP contribution in [0.1, 0.15) is 50.7 Å². The van der Waals surface area contributed by atoms with Crippen LogP contribution in [-0.2, 0) is 0 Å². The third-order valence-electron chi connectivity index (χ3n) is 10.9. The highest BCUT2D eigenvalue weighted by Gasteiger charge is 2.22. The first kappa shape index (κ1) is 36.7. The topological polar surface area (TPSA) is 100 Å². The Morgan fingerprint density at radius 1 is 0.383 bits per heavy atom. The average molecular weight is 780 g/mol. The predicted molar refractivity (Wildman–Crippen MR) is 240 cm³/mol. The normalized spacial score (nSPS) is 11.6. The van der Waals surface area contributed by atoms with Crippen molar-refractivity contribution >= 4 is 22.1 Å². The fourth-order valence-electron chi connectivity index (χ4n) is 7.75. The van der Waals surface area contributed by atoms with Crippen LogP contribution < -0.4 is 0 Å². The second kappa shape index (κ2) is 15.3. The quantitative estimate of drug-likeness (QED) is 0.144. The molecule has 0 atom stereocenters. The number of hydrogen-bond donors (Lipinski definition) is 0. The van der Waals surface area contributed by atoms with Crippen molar-refractivity contribution in [3.8, 4) is 68.3 Å². The molecule has 0 aliphatic heterocycles. The van der Waals surface area contributed by atoms with Crippen LogP contribution in [0.3, 0.4) is 0 Å². The summed E-state index contributed by atoms with van der Waals surface area (Å²) >= 11 is 0. The van der Waals surface area contributed by atoms with Gasteiger partial charge in [-0.1, -0.05) is 100 Å². The smallest absolute Gasteiger partial charge is 0.164 e. The lowest BCUT2D eigenvalue weighted by Crippen LogP contribution is -2.03.